The molecule has 1 aromatic carbocycles. The van der Waals surface area contributed by atoms with Crippen molar-refractivity contribution in [2.45, 2.75) is 38.6 Å². The fourth-order valence-electron chi connectivity index (χ4n) is 2.25. The van der Waals surface area contributed by atoms with Crippen LogP contribution in [0.1, 0.15) is 38.2 Å². The molecule has 1 N–H and O–H groups in total. The normalized spacial score (nSPS) is 24.6. The second-order valence-corrected chi connectivity index (χ2v) is 4.66. The van der Waals surface area contributed by atoms with Crippen LogP contribution in [0.3, 0.4) is 0 Å². The molecule has 1 aliphatic heterocycles. The standard InChI is InChI=1S/C14H21NO/c1-3-8-16-14-6-4-12(5-7-14)13-9-11(2)15-10-13/h4-7,11,13,15H,3,8-10H2,1-2H3. The molecule has 1 fully saturated rings. The highest BCUT2D eigenvalue weighted by Gasteiger charge is 2.21. The van der Waals surface area contributed by atoms with Crippen LogP contribution in [0.5, 0.6) is 5.75 Å². The number of ether oxygens (including phenoxy) is 1. The Hall–Kier alpha value is -1.02. The molecule has 88 valence electrons. The Morgan fingerprint density at radius 3 is 2.62 bits per heavy atom. The Balaban J connectivity index is 1.96. The van der Waals surface area contributed by atoms with E-state index in [1.54, 1.807) is 0 Å². The van der Waals surface area contributed by atoms with Crippen molar-refractivity contribution in [3.8, 4) is 5.75 Å². The molecule has 16 heavy (non-hydrogen) atoms. The van der Waals surface area contributed by atoms with Gasteiger partial charge in [0.2, 0.25) is 0 Å². The lowest BCUT2D eigenvalue weighted by molar-refractivity contribution is 0.317. The third-order valence-electron chi connectivity index (χ3n) is 3.18. The Labute approximate surface area is 98.0 Å². The second-order valence-electron chi connectivity index (χ2n) is 4.66. The molecule has 0 radical (unpaired) electrons. The molecule has 2 rings (SSSR count). The van der Waals surface area contributed by atoms with Crippen LogP contribution in [0.4, 0.5) is 0 Å². The van der Waals surface area contributed by atoms with Crippen LogP contribution < -0.4 is 10.1 Å². The van der Waals surface area contributed by atoms with Gasteiger partial charge in [-0.3, -0.25) is 0 Å². The minimum absolute atomic E-state index is 0.654. The summed E-state index contributed by atoms with van der Waals surface area (Å²) in [5.41, 5.74) is 1.43. The van der Waals surface area contributed by atoms with Gasteiger partial charge >= 0.3 is 0 Å². The summed E-state index contributed by atoms with van der Waals surface area (Å²) >= 11 is 0. The molecule has 1 aliphatic rings. The van der Waals surface area contributed by atoms with E-state index in [2.05, 4.69) is 43.4 Å². The highest BCUT2D eigenvalue weighted by Crippen LogP contribution is 2.26. The number of hydrogen-bond acceptors (Lipinski definition) is 2. The molecule has 1 saturated heterocycles. The van der Waals surface area contributed by atoms with Crippen molar-refractivity contribution in [3.05, 3.63) is 29.8 Å². The second kappa shape index (κ2) is 5.35. The van der Waals surface area contributed by atoms with E-state index in [4.69, 9.17) is 4.74 Å². The van der Waals surface area contributed by atoms with Crippen molar-refractivity contribution in [1.82, 2.24) is 5.32 Å². The maximum absolute atomic E-state index is 5.58. The van der Waals surface area contributed by atoms with E-state index >= 15 is 0 Å². The molecule has 0 amide bonds. The number of nitrogens with one attached hydrogen (secondary N) is 1. The first-order valence-corrected chi connectivity index (χ1v) is 6.25. The molecule has 1 heterocycles. The lowest BCUT2D eigenvalue weighted by Gasteiger charge is -2.10. The number of hydrogen-bond donors (Lipinski definition) is 1. The molecular formula is C14H21NO. The number of benzene rings is 1. The van der Waals surface area contributed by atoms with Crippen molar-refractivity contribution >= 4 is 0 Å². The lowest BCUT2D eigenvalue weighted by Crippen LogP contribution is -2.16. The minimum atomic E-state index is 0.654. The summed E-state index contributed by atoms with van der Waals surface area (Å²) in [6.45, 7) is 6.29. The van der Waals surface area contributed by atoms with E-state index in [0.717, 1.165) is 25.3 Å². The topological polar surface area (TPSA) is 21.3 Å². The van der Waals surface area contributed by atoms with E-state index in [1.807, 2.05) is 0 Å². The molecule has 2 heteroatoms. The average Bonchev–Trinajstić information content (AvgIpc) is 2.74. The molecular weight excluding hydrogens is 198 g/mol. The van der Waals surface area contributed by atoms with Crippen LogP contribution >= 0.6 is 0 Å². The van der Waals surface area contributed by atoms with Gasteiger partial charge < -0.3 is 10.1 Å². The van der Waals surface area contributed by atoms with Gasteiger partial charge in [0.15, 0.2) is 0 Å². The van der Waals surface area contributed by atoms with Gasteiger partial charge in [0.05, 0.1) is 6.61 Å². The lowest BCUT2D eigenvalue weighted by atomic mass is 9.97. The van der Waals surface area contributed by atoms with Gasteiger partial charge in [-0.1, -0.05) is 19.1 Å². The predicted octanol–water partition coefficient (Wildman–Crippen LogP) is 2.94. The van der Waals surface area contributed by atoms with E-state index < -0.39 is 0 Å². The fourth-order valence-corrected chi connectivity index (χ4v) is 2.25. The predicted molar refractivity (Wildman–Crippen MR) is 67.1 cm³/mol. The van der Waals surface area contributed by atoms with Crippen molar-refractivity contribution in [2.75, 3.05) is 13.2 Å². The molecule has 0 saturated carbocycles. The Bertz CT molecular complexity index is 320. The SMILES string of the molecule is CCCOc1ccc(C2CNC(C)C2)cc1. The summed E-state index contributed by atoms with van der Waals surface area (Å²) in [6, 6.07) is 9.24. The Kier molecular flexibility index (Phi) is 3.83. The monoisotopic (exact) mass is 219 g/mol. The van der Waals surface area contributed by atoms with Gasteiger partial charge in [-0.05, 0) is 43.4 Å². The largest absolute Gasteiger partial charge is 0.494 e. The van der Waals surface area contributed by atoms with E-state index in [0.29, 0.717) is 12.0 Å². The maximum atomic E-state index is 5.58. The van der Waals surface area contributed by atoms with Crippen LogP contribution in [0.15, 0.2) is 24.3 Å². The summed E-state index contributed by atoms with van der Waals surface area (Å²) < 4.78 is 5.58. The Morgan fingerprint density at radius 2 is 2.06 bits per heavy atom. The van der Waals surface area contributed by atoms with Crippen LogP contribution in [0, 0.1) is 0 Å². The highest BCUT2D eigenvalue weighted by molar-refractivity contribution is 5.30. The van der Waals surface area contributed by atoms with Crippen LogP contribution in [-0.4, -0.2) is 19.2 Å². The molecule has 0 spiro atoms. The third-order valence-corrected chi connectivity index (χ3v) is 3.18. The molecule has 2 nitrogen and oxygen atoms in total. The van der Waals surface area contributed by atoms with Gasteiger partial charge in [-0.15, -0.1) is 0 Å². The molecule has 0 bridgehead atoms. The zero-order chi connectivity index (χ0) is 11.4. The van der Waals surface area contributed by atoms with Gasteiger partial charge in [-0.25, -0.2) is 0 Å². The van der Waals surface area contributed by atoms with Crippen LogP contribution in [0.25, 0.3) is 0 Å². The van der Waals surface area contributed by atoms with Crippen LogP contribution in [-0.2, 0) is 0 Å². The van der Waals surface area contributed by atoms with E-state index in [9.17, 15) is 0 Å². The molecule has 0 aromatic heterocycles. The first-order valence-electron chi connectivity index (χ1n) is 6.25. The summed E-state index contributed by atoms with van der Waals surface area (Å²) in [5.74, 6) is 1.67. The third kappa shape index (κ3) is 2.76. The highest BCUT2D eigenvalue weighted by atomic mass is 16.5. The van der Waals surface area contributed by atoms with Crippen molar-refractivity contribution in [2.24, 2.45) is 0 Å². The summed E-state index contributed by atoms with van der Waals surface area (Å²) in [7, 11) is 0. The van der Waals surface area contributed by atoms with Gasteiger partial charge in [0.25, 0.3) is 0 Å². The smallest absolute Gasteiger partial charge is 0.119 e. The molecule has 2 unspecified atom stereocenters. The van der Waals surface area contributed by atoms with Crippen molar-refractivity contribution in [1.29, 1.82) is 0 Å². The maximum Gasteiger partial charge on any atom is 0.119 e. The number of rotatable bonds is 4. The van der Waals surface area contributed by atoms with Crippen molar-refractivity contribution in [3.63, 3.8) is 0 Å². The van der Waals surface area contributed by atoms with Crippen LogP contribution in [0.2, 0.25) is 0 Å². The van der Waals surface area contributed by atoms with Gasteiger partial charge in [0, 0.05) is 12.6 Å². The summed E-state index contributed by atoms with van der Waals surface area (Å²) in [5, 5.41) is 3.49. The first-order chi connectivity index (χ1) is 7.79. The average molecular weight is 219 g/mol. The Morgan fingerprint density at radius 1 is 1.31 bits per heavy atom. The van der Waals surface area contributed by atoms with E-state index in [-0.39, 0.29) is 0 Å². The molecule has 2 atom stereocenters. The molecule has 0 aliphatic carbocycles. The van der Waals surface area contributed by atoms with Crippen molar-refractivity contribution < 1.29 is 4.74 Å². The van der Waals surface area contributed by atoms with Gasteiger partial charge in [0.1, 0.15) is 5.75 Å². The summed E-state index contributed by atoms with van der Waals surface area (Å²) in [6.07, 6.45) is 2.31. The fraction of sp³-hybridized carbons (Fsp3) is 0.571. The zero-order valence-electron chi connectivity index (χ0n) is 10.2. The first kappa shape index (κ1) is 11.5. The van der Waals surface area contributed by atoms with Gasteiger partial charge in [-0.2, -0.15) is 0 Å². The summed E-state index contributed by atoms with van der Waals surface area (Å²) in [4.78, 5) is 0. The zero-order valence-corrected chi connectivity index (χ0v) is 10.2. The minimum Gasteiger partial charge on any atom is -0.494 e. The molecule has 1 aromatic rings. The quantitative estimate of drug-likeness (QED) is 0.840. The van der Waals surface area contributed by atoms with E-state index in [1.165, 1.54) is 12.0 Å².